The number of esters is 1. The lowest BCUT2D eigenvalue weighted by Gasteiger charge is -2.31. The quantitative estimate of drug-likeness (QED) is 0.854. The van der Waals surface area contributed by atoms with Crippen LogP contribution in [0.15, 0.2) is 17.3 Å². The molecule has 0 saturated heterocycles. The van der Waals surface area contributed by atoms with Crippen molar-refractivity contribution in [3.63, 3.8) is 0 Å². The number of carbonyl (C=O) groups excluding carboxylic acids is 1. The minimum Gasteiger partial charge on any atom is -0.464 e. The maximum Gasteiger partial charge on any atom is 0.332 e. The van der Waals surface area contributed by atoms with E-state index in [4.69, 9.17) is 10.5 Å². The largest absolute Gasteiger partial charge is 0.464 e. The SMILES string of the molecule is CCOC(=O)C1(N2c3cc(N)cnc3SC2C)CC1. The van der Waals surface area contributed by atoms with Gasteiger partial charge in [-0.25, -0.2) is 9.78 Å². The Bertz CT molecular complexity index is 531. The summed E-state index contributed by atoms with van der Waals surface area (Å²) >= 11 is 1.66. The first-order valence-corrected chi connectivity index (χ1v) is 7.35. The third kappa shape index (κ3) is 1.85. The Morgan fingerprint density at radius 2 is 2.42 bits per heavy atom. The monoisotopic (exact) mass is 279 g/mol. The van der Waals surface area contributed by atoms with Crippen molar-refractivity contribution >= 4 is 29.1 Å². The van der Waals surface area contributed by atoms with Crippen molar-refractivity contribution < 1.29 is 9.53 Å². The van der Waals surface area contributed by atoms with Gasteiger partial charge in [-0.2, -0.15) is 0 Å². The van der Waals surface area contributed by atoms with Gasteiger partial charge in [-0.05, 0) is 32.8 Å². The summed E-state index contributed by atoms with van der Waals surface area (Å²) in [6.45, 7) is 4.34. The van der Waals surface area contributed by atoms with E-state index in [1.807, 2.05) is 13.0 Å². The third-order valence-electron chi connectivity index (χ3n) is 3.60. The van der Waals surface area contributed by atoms with Gasteiger partial charge in [0.1, 0.15) is 10.6 Å². The second-order valence-electron chi connectivity index (χ2n) is 4.93. The zero-order valence-corrected chi connectivity index (χ0v) is 11.9. The average Bonchev–Trinajstić information content (AvgIpc) is 3.09. The molecule has 19 heavy (non-hydrogen) atoms. The van der Waals surface area contributed by atoms with Crippen molar-refractivity contribution in [2.75, 3.05) is 17.2 Å². The number of pyridine rings is 1. The number of fused-ring (bicyclic) bond motifs is 1. The van der Waals surface area contributed by atoms with Gasteiger partial charge in [-0.15, -0.1) is 0 Å². The minimum atomic E-state index is -0.497. The summed E-state index contributed by atoms with van der Waals surface area (Å²) in [6, 6.07) is 1.90. The van der Waals surface area contributed by atoms with Crippen LogP contribution in [-0.2, 0) is 9.53 Å². The molecular weight excluding hydrogens is 262 g/mol. The molecule has 1 aromatic heterocycles. The van der Waals surface area contributed by atoms with Crippen LogP contribution in [0.2, 0.25) is 0 Å². The highest BCUT2D eigenvalue weighted by molar-refractivity contribution is 8.00. The average molecular weight is 279 g/mol. The predicted molar refractivity (Wildman–Crippen MR) is 75.0 cm³/mol. The van der Waals surface area contributed by atoms with Gasteiger partial charge in [-0.3, -0.25) is 0 Å². The topological polar surface area (TPSA) is 68.5 Å². The number of nitrogens with zero attached hydrogens (tertiary/aromatic N) is 2. The minimum absolute atomic E-state index is 0.127. The molecule has 1 aliphatic heterocycles. The number of anilines is 2. The Kier molecular flexibility index (Phi) is 2.85. The van der Waals surface area contributed by atoms with Crippen molar-refractivity contribution in [3.05, 3.63) is 12.3 Å². The summed E-state index contributed by atoms with van der Waals surface area (Å²) in [4.78, 5) is 18.7. The van der Waals surface area contributed by atoms with Crippen LogP contribution in [0.1, 0.15) is 26.7 Å². The fourth-order valence-electron chi connectivity index (χ4n) is 2.64. The molecule has 1 unspecified atom stereocenters. The van der Waals surface area contributed by atoms with Gasteiger partial charge in [0, 0.05) is 0 Å². The summed E-state index contributed by atoms with van der Waals surface area (Å²) in [7, 11) is 0. The van der Waals surface area contributed by atoms with E-state index in [-0.39, 0.29) is 11.3 Å². The fraction of sp³-hybridized carbons (Fsp3) is 0.538. The van der Waals surface area contributed by atoms with E-state index in [1.165, 1.54) is 0 Å². The molecule has 1 aliphatic carbocycles. The first-order chi connectivity index (χ1) is 9.08. The van der Waals surface area contributed by atoms with E-state index in [0.29, 0.717) is 12.3 Å². The molecule has 1 fully saturated rings. The highest BCUT2D eigenvalue weighted by Gasteiger charge is 2.59. The molecule has 102 valence electrons. The first kappa shape index (κ1) is 12.6. The number of aromatic nitrogens is 1. The summed E-state index contributed by atoms with van der Waals surface area (Å²) in [5.41, 5.74) is 6.91. The molecule has 2 aliphatic rings. The number of rotatable bonds is 3. The zero-order chi connectivity index (χ0) is 13.6. The maximum absolute atomic E-state index is 12.2. The Labute approximate surface area is 116 Å². The van der Waals surface area contributed by atoms with Gasteiger partial charge >= 0.3 is 5.97 Å². The number of thioether (sulfide) groups is 1. The van der Waals surface area contributed by atoms with E-state index >= 15 is 0 Å². The molecule has 1 atom stereocenters. The van der Waals surface area contributed by atoms with Gasteiger partial charge in [0.25, 0.3) is 0 Å². The smallest absolute Gasteiger partial charge is 0.332 e. The highest BCUT2D eigenvalue weighted by Crippen LogP contribution is 2.54. The second-order valence-corrected chi connectivity index (χ2v) is 6.24. The molecule has 1 aromatic rings. The number of nitrogen functional groups attached to an aromatic ring is 1. The van der Waals surface area contributed by atoms with Crippen molar-refractivity contribution in [1.82, 2.24) is 4.98 Å². The molecule has 0 bridgehead atoms. The van der Waals surface area contributed by atoms with Crippen molar-refractivity contribution in [3.8, 4) is 0 Å². The molecule has 6 heteroatoms. The molecule has 0 spiro atoms. The predicted octanol–water partition coefficient (Wildman–Crippen LogP) is 2.02. The second kappa shape index (κ2) is 4.30. The Balaban J connectivity index is 1.98. The lowest BCUT2D eigenvalue weighted by Crippen LogP contribution is -2.46. The molecule has 2 heterocycles. The van der Waals surface area contributed by atoms with Gasteiger partial charge < -0.3 is 15.4 Å². The van der Waals surface area contributed by atoms with E-state index < -0.39 is 5.54 Å². The van der Waals surface area contributed by atoms with Crippen LogP contribution < -0.4 is 10.6 Å². The number of ether oxygens (including phenoxy) is 1. The van der Waals surface area contributed by atoms with Crippen LogP contribution in [0.25, 0.3) is 0 Å². The van der Waals surface area contributed by atoms with E-state index in [2.05, 4.69) is 16.8 Å². The first-order valence-electron chi connectivity index (χ1n) is 6.47. The molecule has 2 N–H and O–H groups in total. The summed E-state index contributed by atoms with van der Waals surface area (Å²) in [5, 5.41) is 1.12. The molecular formula is C13H17N3O2S. The van der Waals surface area contributed by atoms with Crippen LogP contribution in [0.4, 0.5) is 11.4 Å². The van der Waals surface area contributed by atoms with E-state index in [9.17, 15) is 4.79 Å². The lowest BCUT2D eigenvalue weighted by atomic mass is 10.2. The number of nitrogens with two attached hydrogens (primary N) is 1. The van der Waals surface area contributed by atoms with Crippen LogP contribution in [0, 0.1) is 0 Å². The Morgan fingerprint density at radius 3 is 3.05 bits per heavy atom. The van der Waals surface area contributed by atoms with Crippen molar-refractivity contribution in [1.29, 1.82) is 0 Å². The standard InChI is InChI=1S/C13H17N3O2S/c1-3-18-12(17)13(4-5-13)16-8(2)19-11-10(16)6-9(14)7-15-11/h6-8H,3-5,14H2,1-2H3. The Morgan fingerprint density at radius 1 is 1.68 bits per heavy atom. The summed E-state index contributed by atoms with van der Waals surface area (Å²) in [6.07, 6.45) is 3.34. The van der Waals surface area contributed by atoms with Crippen LogP contribution >= 0.6 is 11.8 Å². The molecule has 5 nitrogen and oxygen atoms in total. The Hall–Kier alpha value is -1.43. The van der Waals surface area contributed by atoms with Crippen LogP contribution in [-0.4, -0.2) is 28.5 Å². The molecule has 0 aromatic carbocycles. The third-order valence-corrected chi connectivity index (χ3v) is 4.69. The lowest BCUT2D eigenvalue weighted by molar-refractivity contribution is -0.146. The summed E-state index contributed by atoms with van der Waals surface area (Å²) < 4.78 is 5.23. The fourth-order valence-corrected chi connectivity index (χ4v) is 3.77. The number of carbonyl (C=O) groups is 1. The number of hydrogen-bond donors (Lipinski definition) is 1. The number of hydrogen-bond acceptors (Lipinski definition) is 6. The van der Waals surface area contributed by atoms with Crippen molar-refractivity contribution in [2.24, 2.45) is 0 Å². The molecule has 0 amide bonds. The maximum atomic E-state index is 12.2. The van der Waals surface area contributed by atoms with Crippen LogP contribution in [0.3, 0.4) is 0 Å². The van der Waals surface area contributed by atoms with Gasteiger partial charge in [0.2, 0.25) is 0 Å². The van der Waals surface area contributed by atoms with E-state index in [0.717, 1.165) is 23.6 Å². The molecule has 0 radical (unpaired) electrons. The highest BCUT2D eigenvalue weighted by atomic mass is 32.2. The zero-order valence-electron chi connectivity index (χ0n) is 11.0. The molecule has 1 saturated carbocycles. The molecule has 3 rings (SSSR count). The van der Waals surface area contributed by atoms with Crippen LogP contribution in [0.5, 0.6) is 0 Å². The normalized spacial score (nSPS) is 23.1. The van der Waals surface area contributed by atoms with Gasteiger partial charge in [-0.1, -0.05) is 11.8 Å². The summed E-state index contributed by atoms with van der Waals surface area (Å²) in [5.74, 6) is -0.127. The van der Waals surface area contributed by atoms with Gasteiger partial charge in [0.05, 0.1) is 29.6 Å². The van der Waals surface area contributed by atoms with Crippen molar-refractivity contribution in [2.45, 2.75) is 42.6 Å². The van der Waals surface area contributed by atoms with Gasteiger partial charge in [0.15, 0.2) is 0 Å². The van der Waals surface area contributed by atoms with E-state index in [1.54, 1.807) is 18.0 Å².